The molecule has 0 bridgehead atoms. The second-order valence-corrected chi connectivity index (χ2v) is 5.61. The molecule has 0 amide bonds. The van der Waals surface area contributed by atoms with Crippen LogP contribution in [0.3, 0.4) is 0 Å². The molecule has 2 heterocycles. The van der Waals surface area contributed by atoms with Gasteiger partial charge in [0.05, 0.1) is 22.8 Å². The smallest absolute Gasteiger partial charge is 0.126 e. The van der Waals surface area contributed by atoms with Crippen molar-refractivity contribution in [3.8, 4) is 0 Å². The Morgan fingerprint density at radius 1 is 1.04 bits per heavy atom. The summed E-state index contributed by atoms with van der Waals surface area (Å²) < 4.78 is 1.74. The van der Waals surface area contributed by atoms with Gasteiger partial charge in [-0.25, -0.2) is 14.6 Å². The zero-order valence-electron chi connectivity index (χ0n) is 12.9. The lowest BCUT2D eigenvalue weighted by Crippen LogP contribution is -2.15. The Hall–Kier alpha value is -2.86. The maximum atomic E-state index is 6.50. The molecule has 6 heteroatoms. The molecule has 0 aliphatic heterocycles. The molecule has 0 saturated heterocycles. The Balaban J connectivity index is 1.88. The zero-order valence-corrected chi connectivity index (χ0v) is 12.9. The first-order chi connectivity index (χ1) is 11.1. The van der Waals surface area contributed by atoms with Crippen molar-refractivity contribution >= 4 is 21.9 Å². The van der Waals surface area contributed by atoms with Gasteiger partial charge in [0.2, 0.25) is 0 Å². The minimum Gasteiger partial charge on any atom is -0.319 e. The van der Waals surface area contributed by atoms with E-state index in [4.69, 9.17) is 5.73 Å². The zero-order chi connectivity index (χ0) is 16.0. The molecule has 0 radical (unpaired) electrons. The van der Waals surface area contributed by atoms with Crippen LogP contribution in [0.2, 0.25) is 0 Å². The van der Waals surface area contributed by atoms with Crippen LogP contribution in [-0.4, -0.2) is 25.0 Å². The monoisotopic (exact) mass is 304 g/mol. The molecule has 23 heavy (non-hydrogen) atoms. The first kappa shape index (κ1) is 13.8. The molecule has 0 fully saturated rings. The summed E-state index contributed by atoms with van der Waals surface area (Å²) in [5.74, 6) is 0.717. The lowest BCUT2D eigenvalue weighted by atomic mass is 10.0. The second kappa shape index (κ2) is 5.10. The normalized spacial score (nSPS) is 12.8. The van der Waals surface area contributed by atoms with Gasteiger partial charge in [0, 0.05) is 12.4 Å². The minimum absolute atomic E-state index is 0.340. The summed E-state index contributed by atoms with van der Waals surface area (Å²) in [6.45, 7) is 1.88. The molecule has 0 aliphatic rings. The van der Waals surface area contributed by atoms with E-state index in [-0.39, 0.29) is 6.04 Å². The Morgan fingerprint density at radius 3 is 2.74 bits per heavy atom. The minimum atomic E-state index is -0.340. The molecule has 1 unspecified atom stereocenters. The third-order valence-electron chi connectivity index (χ3n) is 4.03. The molecule has 1 atom stereocenters. The van der Waals surface area contributed by atoms with Crippen LogP contribution in [0, 0.1) is 6.92 Å². The van der Waals surface area contributed by atoms with Crippen molar-refractivity contribution < 1.29 is 0 Å². The van der Waals surface area contributed by atoms with Crippen molar-refractivity contribution in [3.63, 3.8) is 0 Å². The summed E-state index contributed by atoms with van der Waals surface area (Å²) in [4.78, 5) is 9.06. The fraction of sp³-hybridized carbons (Fsp3) is 0.176. The standard InChI is InChI=1S/C17H16N6/c1-10-19-13-6-4-3-5-12(13)17(20-10)16(18)11-7-8-15-14(9-11)21-22-23(15)2/h3-9,16H,18H2,1-2H3. The third-order valence-corrected chi connectivity index (χ3v) is 4.03. The number of aromatic nitrogens is 5. The Bertz CT molecular complexity index is 1020. The summed E-state index contributed by atoms with van der Waals surface area (Å²) in [5, 5.41) is 9.17. The van der Waals surface area contributed by atoms with Crippen LogP contribution in [0.15, 0.2) is 42.5 Å². The number of fused-ring (bicyclic) bond motifs is 2. The van der Waals surface area contributed by atoms with Gasteiger partial charge >= 0.3 is 0 Å². The quantitative estimate of drug-likeness (QED) is 0.614. The number of rotatable bonds is 2. The summed E-state index contributed by atoms with van der Waals surface area (Å²) in [6, 6.07) is 13.5. The van der Waals surface area contributed by atoms with Crippen molar-refractivity contribution in [1.82, 2.24) is 25.0 Å². The topological polar surface area (TPSA) is 82.5 Å². The van der Waals surface area contributed by atoms with E-state index in [1.54, 1.807) is 4.68 Å². The van der Waals surface area contributed by atoms with E-state index in [2.05, 4.69) is 20.3 Å². The first-order valence-corrected chi connectivity index (χ1v) is 7.41. The van der Waals surface area contributed by atoms with Gasteiger partial charge in [-0.3, -0.25) is 0 Å². The van der Waals surface area contributed by atoms with Crippen LogP contribution >= 0.6 is 0 Å². The number of nitrogens with two attached hydrogens (primary N) is 1. The highest BCUT2D eigenvalue weighted by atomic mass is 15.4. The van der Waals surface area contributed by atoms with Crippen LogP contribution in [0.25, 0.3) is 21.9 Å². The summed E-state index contributed by atoms with van der Waals surface area (Å²) in [7, 11) is 1.87. The van der Waals surface area contributed by atoms with Gasteiger partial charge in [0.15, 0.2) is 0 Å². The van der Waals surface area contributed by atoms with Crippen LogP contribution < -0.4 is 5.73 Å². The number of para-hydroxylation sites is 1. The number of aryl methyl sites for hydroxylation is 2. The Kier molecular flexibility index (Phi) is 3.06. The van der Waals surface area contributed by atoms with E-state index in [9.17, 15) is 0 Å². The molecule has 2 aromatic heterocycles. The van der Waals surface area contributed by atoms with Crippen LogP contribution in [0.5, 0.6) is 0 Å². The van der Waals surface area contributed by atoms with Crippen LogP contribution in [0.1, 0.15) is 23.1 Å². The lowest BCUT2D eigenvalue weighted by molar-refractivity contribution is 0.736. The van der Waals surface area contributed by atoms with Gasteiger partial charge in [0.1, 0.15) is 11.3 Å². The van der Waals surface area contributed by atoms with Gasteiger partial charge in [-0.2, -0.15) is 0 Å². The van der Waals surface area contributed by atoms with Gasteiger partial charge in [0.25, 0.3) is 0 Å². The molecule has 0 aliphatic carbocycles. The van der Waals surface area contributed by atoms with Gasteiger partial charge < -0.3 is 5.73 Å². The molecular weight excluding hydrogens is 288 g/mol. The molecule has 2 aromatic carbocycles. The van der Waals surface area contributed by atoms with Crippen LogP contribution in [-0.2, 0) is 7.05 Å². The fourth-order valence-corrected chi connectivity index (χ4v) is 2.87. The SMILES string of the molecule is Cc1nc(C(N)c2ccc3c(c2)nnn3C)c2ccccc2n1. The van der Waals surface area contributed by atoms with Gasteiger partial charge in [-0.15, -0.1) is 5.10 Å². The molecular formula is C17H16N6. The second-order valence-electron chi connectivity index (χ2n) is 5.61. The Labute approximate surface area is 133 Å². The number of nitrogens with zero attached hydrogens (tertiary/aromatic N) is 5. The molecule has 2 N–H and O–H groups in total. The summed E-state index contributed by atoms with van der Waals surface area (Å²) in [5.41, 5.74) is 11.0. The van der Waals surface area contributed by atoms with E-state index in [0.29, 0.717) is 0 Å². The maximum absolute atomic E-state index is 6.50. The van der Waals surface area contributed by atoms with E-state index in [1.807, 2.05) is 56.4 Å². The van der Waals surface area contributed by atoms with Crippen molar-refractivity contribution in [2.75, 3.05) is 0 Å². The van der Waals surface area contributed by atoms with E-state index < -0.39 is 0 Å². The maximum Gasteiger partial charge on any atom is 0.126 e. The van der Waals surface area contributed by atoms with E-state index >= 15 is 0 Å². The van der Waals surface area contributed by atoms with Gasteiger partial charge in [-0.1, -0.05) is 29.5 Å². The molecule has 6 nitrogen and oxygen atoms in total. The van der Waals surface area contributed by atoms with E-state index in [1.165, 1.54) is 0 Å². The number of hydrogen-bond acceptors (Lipinski definition) is 5. The first-order valence-electron chi connectivity index (χ1n) is 7.41. The molecule has 0 spiro atoms. The highest BCUT2D eigenvalue weighted by Crippen LogP contribution is 2.26. The summed E-state index contributed by atoms with van der Waals surface area (Å²) >= 11 is 0. The molecule has 4 rings (SSSR count). The third kappa shape index (κ3) is 2.24. The van der Waals surface area contributed by atoms with E-state index in [0.717, 1.165) is 39.0 Å². The average Bonchev–Trinajstić information content (AvgIpc) is 2.94. The van der Waals surface area contributed by atoms with Crippen molar-refractivity contribution in [2.45, 2.75) is 13.0 Å². The van der Waals surface area contributed by atoms with Crippen molar-refractivity contribution in [3.05, 3.63) is 59.5 Å². The van der Waals surface area contributed by atoms with Crippen molar-refractivity contribution in [1.29, 1.82) is 0 Å². The predicted molar refractivity (Wildman–Crippen MR) is 88.8 cm³/mol. The fourth-order valence-electron chi connectivity index (χ4n) is 2.87. The number of hydrogen-bond donors (Lipinski definition) is 1. The largest absolute Gasteiger partial charge is 0.319 e. The highest BCUT2D eigenvalue weighted by molar-refractivity contribution is 5.82. The van der Waals surface area contributed by atoms with Crippen LogP contribution in [0.4, 0.5) is 0 Å². The summed E-state index contributed by atoms with van der Waals surface area (Å²) in [6.07, 6.45) is 0. The average molecular weight is 304 g/mol. The molecule has 4 aromatic rings. The molecule has 114 valence electrons. The predicted octanol–water partition coefficient (Wildman–Crippen LogP) is 2.27. The highest BCUT2D eigenvalue weighted by Gasteiger charge is 2.16. The van der Waals surface area contributed by atoms with Gasteiger partial charge in [-0.05, 0) is 30.7 Å². The number of benzene rings is 2. The Morgan fingerprint density at radius 2 is 1.87 bits per heavy atom. The van der Waals surface area contributed by atoms with Crippen molar-refractivity contribution in [2.24, 2.45) is 12.8 Å². The molecule has 0 saturated carbocycles. The lowest BCUT2D eigenvalue weighted by Gasteiger charge is -2.14.